The van der Waals surface area contributed by atoms with Gasteiger partial charge in [0.15, 0.2) is 0 Å². The number of aliphatic imine (C=N–C) groups is 1. The molecule has 2 rings (SSSR count). The van der Waals surface area contributed by atoms with Crippen LogP contribution in [0.5, 0.6) is 0 Å². The molecule has 0 fully saturated rings. The molecule has 0 aliphatic rings. The number of halogens is 2. The first-order valence-corrected chi connectivity index (χ1v) is 7.78. The second-order valence-electron chi connectivity index (χ2n) is 3.97. The van der Waals surface area contributed by atoms with Gasteiger partial charge in [0.1, 0.15) is 0 Å². The van der Waals surface area contributed by atoms with E-state index in [1.165, 1.54) is 12.1 Å². The van der Waals surface area contributed by atoms with E-state index in [-0.39, 0.29) is 4.90 Å². The van der Waals surface area contributed by atoms with Crippen LogP contribution in [0.25, 0.3) is 0 Å². The maximum Gasteiger partial charge on any atom is 0.238 e. The molecule has 2 N–H and O–H groups in total. The van der Waals surface area contributed by atoms with Crippen molar-refractivity contribution in [3.8, 4) is 0 Å². The van der Waals surface area contributed by atoms with E-state index in [1.807, 2.05) is 0 Å². The molecule has 0 saturated carbocycles. The molecule has 104 valence electrons. The smallest absolute Gasteiger partial charge is 0.238 e. The molecule has 0 bridgehead atoms. The van der Waals surface area contributed by atoms with Gasteiger partial charge in [-0.25, -0.2) is 13.6 Å². The molecule has 0 aromatic heterocycles. The average molecular weight is 329 g/mol. The van der Waals surface area contributed by atoms with E-state index >= 15 is 0 Å². The molecule has 2 aromatic carbocycles. The lowest BCUT2D eigenvalue weighted by Gasteiger charge is -1.99. The van der Waals surface area contributed by atoms with Crippen LogP contribution >= 0.6 is 23.2 Å². The minimum atomic E-state index is -3.68. The highest BCUT2D eigenvalue weighted by atomic mass is 35.5. The van der Waals surface area contributed by atoms with E-state index in [4.69, 9.17) is 28.3 Å². The monoisotopic (exact) mass is 328 g/mol. The highest BCUT2D eigenvalue weighted by Crippen LogP contribution is 2.22. The second-order valence-corrected chi connectivity index (χ2v) is 6.35. The summed E-state index contributed by atoms with van der Waals surface area (Å²) in [6.45, 7) is 0. The van der Waals surface area contributed by atoms with Gasteiger partial charge >= 0.3 is 0 Å². The van der Waals surface area contributed by atoms with Crippen molar-refractivity contribution < 1.29 is 8.42 Å². The fourth-order valence-electron chi connectivity index (χ4n) is 1.46. The van der Waals surface area contributed by atoms with Gasteiger partial charge in [-0.2, -0.15) is 0 Å². The van der Waals surface area contributed by atoms with Gasteiger partial charge in [-0.05, 0) is 42.0 Å². The van der Waals surface area contributed by atoms with Crippen LogP contribution in [0.1, 0.15) is 5.56 Å². The minimum Gasteiger partial charge on any atom is -0.256 e. The van der Waals surface area contributed by atoms with Crippen LogP contribution in [0.4, 0.5) is 5.69 Å². The Balaban J connectivity index is 2.21. The van der Waals surface area contributed by atoms with E-state index in [2.05, 4.69) is 4.99 Å². The quantitative estimate of drug-likeness (QED) is 0.877. The topological polar surface area (TPSA) is 72.5 Å². The molecular formula is C13H10Cl2N2O2S. The van der Waals surface area contributed by atoms with Crippen LogP contribution in [0.2, 0.25) is 10.0 Å². The maximum atomic E-state index is 11.1. The number of sulfonamides is 1. The largest absolute Gasteiger partial charge is 0.256 e. The predicted molar refractivity (Wildman–Crippen MR) is 81.5 cm³/mol. The zero-order chi connectivity index (χ0) is 14.8. The molecule has 2 aromatic rings. The molecule has 0 heterocycles. The standard InChI is InChI=1S/C13H10Cl2N2O2S/c14-12-6-1-9(7-13(12)15)8-17-10-2-4-11(5-3-10)20(16,18)19/h1-8H,(H2,16,18,19)/b17-8+. The van der Waals surface area contributed by atoms with Crippen LogP contribution in [0.3, 0.4) is 0 Å². The van der Waals surface area contributed by atoms with Crippen molar-refractivity contribution in [3.63, 3.8) is 0 Å². The van der Waals surface area contributed by atoms with Crippen molar-refractivity contribution in [2.45, 2.75) is 4.90 Å². The van der Waals surface area contributed by atoms with E-state index < -0.39 is 10.0 Å². The first-order valence-electron chi connectivity index (χ1n) is 5.48. The number of nitrogens with zero attached hydrogens (tertiary/aromatic N) is 1. The van der Waals surface area contributed by atoms with Crippen LogP contribution in [-0.4, -0.2) is 14.6 Å². The number of hydrogen-bond acceptors (Lipinski definition) is 3. The highest BCUT2D eigenvalue weighted by Gasteiger charge is 2.06. The van der Waals surface area contributed by atoms with Gasteiger partial charge in [-0.3, -0.25) is 4.99 Å². The summed E-state index contributed by atoms with van der Waals surface area (Å²) in [5, 5.41) is 5.93. The first kappa shape index (κ1) is 15.0. The summed E-state index contributed by atoms with van der Waals surface area (Å²) in [7, 11) is -3.68. The molecule has 0 spiro atoms. The zero-order valence-electron chi connectivity index (χ0n) is 10.1. The SMILES string of the molecule is NS(=O)(=O)c1ccc(/N=C/c2ccc(Cl)c(Cl)c2)cc1. The molecule has 0 saturated heterocycles. The van der Waals surface area contributed by atoms with Crippen LogP contribution in [0, 0.1) is 0 Å². The Morgan fingerprint density at radius 3 is 2.20 bits per heavy atom. The van der Waals surface area contributed by atoms with E-state index in [0.29, 0.717) is 15.7 Å². The molecule has 0 unspecified atom stereocenters. The summed E-state index contributed by atoms with van der Waals surface area (Å²) in [5.41, 5.74) is 1.39. The third kappa shape index (κ3) is 3.80. The van der Waals surface area contributed by atoms with Crippen molar-refractivity contribution in [3.05, 3.63) is 58.1 Å². The van der Waals surface area contributed by atoms with Crippen molar-refractivity contribution in [2.24, 2.45) is 10.1 Å². The number of benzene rings is 2. The Bertz CT molecular complexity index is 756. The van der Waals surface area contributed by atoms with Crippen molar-refractivity contribution in [2.75, 3.05) is 0 Å². The van der Waals surface area contributed by atoms with Crippen LogP contribution in [-0.2, 0) is 10.0 Å². The fourth-order valence-corrected chi connectivity index (χ4v) is 2.29. The van der Waals surface area contributed by atoms with Gasteiger partial charge in [-0.1, -0.05) is 29.3 Å². The zero-order valence-corrected chi connectivity index (χ0v) is 12.5. The first-order chi connectivity index (χ1) is 9.36. The molecule has 0 aliphatic heterocycles. The van der Waals surface area contributed by atoms with Crippen molar-refractivity contribution >= 4 is 45.1 Å². The van der Waals surface area contributed by atoms with E-state index in [0.717, 1.165) is 5.56 Å². The lowest BCUT2D eigenvalue weighted by Crippen LogP contribution is -2.11. The van der Waals surface area contributed by atoms with Gasteiger partial charge in [0.05, 0.1) is 20.6 Å². The van der Waals surface area contributed by atoms with Crippen LogP contribution in [0.15, 0.2) is 52.4 Å². The molecule has 4 nitrogen and oxygen atoms in total. The summed E-state index contributed by atoms with van der Waals surface area (Å²) >= 11 is 11.7. The van der Waals surface area contributed by atoms with Crippen molar-refractivity contribution in [1.29, 1.82) is 0 Å². The number of rotatable bonds is 3. The molecule has 7 heteroatoms. The maximum absolute atomic E-state index is 11.1. The summed E-state index contributed by atoms with van der Waals surface area (Å²) in [6, 6.07) is 11.1. The minimum absolute atomic E-state index is 0.0472. The third-order valence-corrected chi connectivity index (χ3v) is 4.14. The van der Waals surface area contributed by atoms with Gasteiger partial charge in [0.25, 0.3) is 0 Å². The summed E-state index contributed by atoms with van der Waals surface area (Å²) < 4.78 is 22.2. The van der Waals surface area contributed by atoms with Crippen LogP contribution < -0.4 is 5.14 Å². The number of hydrogen-bond donors (Lipinski definition) is 1. The fraction of sp³-hybridized carbons (Fsp3) is 0. The Morgan fingerprint density at radius 2 is 1.65 bits per heavy atom. The molecule has 0 aliphatic carbocycles. The molecule has 0 amide bonds. The Labute approximate surface area is 126 Å². The lowest BCUT2D eigenvalue weighted by molar-refractivity contribution is 0.598. The van der Waals surface area contributed by atoms with Crippen molar-refractivity contribution in [1.82, 2.24) is 0 Å². The number of primary sulfonamides is 1. The van der Waals surface area contributed by atoms with Gasteiger partial charge in [0.2, 0.25) is 10.0 Å². The molecule has 0 radical (unpaired) electrons. The summed E-state index contributed by atoms with van der Waals surface area (Å²) in [4.78, 5) is 4.26. The van der Waals surface area contributed by atoms with E-state index in [1.54, 1.807) is 36.5 Å². The highest BCUT2D eigenvalue weighted by molar-refractivity contribution is 7.89. The Kier molecular flexibility index (Phi) is 4.45. The average Bonchev–Trinajstić information content (AvgIpc) is 2.40. The van der Waals surface area contributed by atoms with Gasteiger partial charge in [-0.15, -0.1) is 0 Å². The van der Waals surface area contributed by atoms with E-state index in [9.17, 15) is 8.42 Å². The van der Waals surface area contributed by atoms with Gasteiger partial charge in [0, 0.05) is 6.21 Å². The molecule has 0 atom stereocenters. The number of nitrogens with two attached hydrogens (primary N) is 1. The van der Waals surface area contributed by atoms with Gasteiger partial charge < -0.3 is 0 Å². The third-order valence-electron chi connectivity index (χ3n) is 2.47. The normalized spacial score (nSPS) is 11.9. The summed E-state index contributed by atoms with van der Waals surface area (Å²) in [5.74, 6) is 0. The second kappa shape index (κ2) is 5.93. The molecular weight excluding hydrogens is 319 g/mol. The lowest BCUT2D eigenvalue weighted by atomic mass is 10.2. The molecule has 20 heavy (non-hydrogen) atoms. The summed E-state index contributed by atoms with van der Waals surface area (Å²) in [6.07, 6.45) is 1.61. The predicted octanol–water partition coefficient (Wildman–Crippen LogP) is 3.39. The Hall–Kier alpha value is -1.40. The Morgan fingerprint density at radius 1 is 1.00 bits per heavy atom.